The summed E-state index contributed by atoms with van der Waals surface area (Å²) in [5.41, 5.74) is -0.413. The summed E-state index contributed by atoms with van der Waals surface area (Å²) in [6.07, 6.45) is 1.77. The smallest absolute Gasteiger partial charge is 0.407 e. The van der Waals surface area contributed by atoms with Crippen molar-refractivity contribution in [2.24, 2.45) is 16.2 Å². The number of nitrogens with one attached hydrogen (secondary N) is 1. The fourth-order valence-electron chi connectivity index (χ4n) is 5.66. The fourth-order valence-corrected chi connectivity index (χ4v) is 5.66. The first-order chi connectivity index (χ1) is 32.6. The molecule has 0 unspecified atom stereocenters. The molecule has 0 aliphatic carbocycles. The van der Waals surface area contributed by atoms with E-state index in [9.17, 15) is 9.59 Å². The van der Waals surface area contributed by atoms with Gasteiger partial charge in [0, 0.05) is 11.0 Å². The third-order valence-corrected chi connectivity index (χ3v) is 9.41. The first-order valence-corrected chi connectivity index (χ1v) is 22.6. The first kappa shape index (κ1) is 64.3. The van der Waals surface area contributed by atoms with E-state index in [-0.39, 0.29) is 126 Å². The van der Waals surface area contributed by atoms with Crippen molar-refractivity contribution in [3.63, 3.8) is 0 Å². The summed E-state index contributed by atoms with van der Waals surface area (Å²) >= 11 is 0. The van der Waals surface area contributed by atoms with Crippen molar-refractivity contribution >= 4 is 12.1 Å². The van der Waals surface area contributed by atoms with Crippen LogP contribution in [0.1, 0.15) is 81.1 Å². The molecule has 0 saturated heterocycles. The second-order valence-electron chi connectivity index (χ2n) is 17.7. The monoisotopic (exact) mass is 984 g/mol. The lowest BCUT2D eigenvalue weighted by atomic mass is 9.78. The van der Waals surface area contributed by atoms with Crippen molar-refractivity contribution in [3.8, 4) is 0 Å². The molecule has 18 nitrogen and oxygen atoms in total. The topological polar surface area (TPSA) is 185 Å². The second kappa shape index (κ2) is 37.2. The van der Waals surface area contributed by atoms with Crippen LogP contribution in [0, 0.1) is 16.2 Å². The molecule has 1 amide bonds. The minimum Gasteiger partial charge on any atom is -0.473 e. The summed E-state index contributed by atoms with van der Waals surface area (Å²) < 4.78 is 87.2. The van der Waals surface area contributed by atoms with Gasteiger partial charge in [0.1, 0.15) is 20.0 Å². The van der Waals surface area contributed by atoms with Gasteiger partial charge in [-0.15, -0.1) is 13.2 Å². The Kier molecular flexibility index (Phi) is 34.7. The summed E-state index contributed by atoms with van der Waals surface area (Å²) in [5, 5.41) is 2.64. The van der Waals surface area contributed by atoms with Gasteiger partial charge in [-0.25, -0.2) is 9.59 Å². The number of rotatable bonds is 47. The quantitative estimate of drug-likeness (QED) is 0.0152. The molecular weight excluding hydrogens is 899 g/mol. The van der Waals surface area contributed by atoms with Crippen LogP contribution in [0.2, 0.25) is 0 Å². The summed E-state index contributed by atoms with van der Waals surface area (Å²) in [7, 11) is 0. The molecule has 396 valence electrons. The average molecular weight is 984 g/mol. The van der Waals surface area contributed by atoms with Crippen LogP contribution in [0.4, 0.5) is 4.79 Å². The van der Waals surface area contributed by atoms with Crippen LogP contribution in [0.5, 0.6) is 0 Å². The Hall–Kier alpha value is -4.66. The average Bonchev–Trinajstić information content (AvgIpc) is 3.26. The van der Waals surface area contributed by atoms with Crippen LogP contribution >= 0.6 is 0 Å². The molecule has 0 rings (SSSR count). The Labute approximate surface area is 412 Å². The lowest BCUT2D eigenvalue weighted by molar-refractivity contribution is -0.191. The highest BCUT2D eigenvalue weighted by atomic mass is 16.7. The Morgan fingerprint density at radius 1 is 0.377 bits per heavy atom. The summed E-state index contributed by atoms with van der Waals surface area (Å²) in [6, 6.07) is 0. The molecule has 0 aromatic heterocycles. The molecule has 0 aromatic rings. The number of ether oxygens (including phenoxy) is 15. The van der Waals surface area contributed by atoms with E-state index in [0.29, 0.717) is 54.5 Å². The highest BCUT2D eigenvalue weighted by Crippen LogP contribution is 2.35. The SMILES string of the molecule is C=C(C)CCC(CCC(=C)C)(COCC(COCOCC(COCOC(=C)C)(COCOC(=C)C)COCOC(=C)C)(COCOC(=C)C)COCOC(=C)C)COC(=O)NCCOC(=O)C(=C)C. The van der Waals surface area contributed by atoms with Gasteiger partial charge in [-0.1, -0.05) is 50.6 Å². The lowest BCUT2D eigenvalue weighted by Crippen LogP contribution is -2.45. The van der Waals surface area contributed by atoms with Gasteiger partial charge in [-0.3, -0.25) is 0 Å². The van der Waals surface area contributed by atoms with E-state index >= 15 is 0 Å². The molecule has 0 spiro atoms. The molecule has 0 bridgehead atoms. The molecule has 0 atom stereocenters. The van der Waals surface area contributed by atoms with Crippen molar-refractivity contribution < 1.29 is 80.6 Å². The Balaban J connectivity index is 6.65. The van der Waals surface area contributed by atoms with E-state index < -0.39 is 28.3 Å². The summed E-state index contributed by atoms with van der Waals surface area (Å²) in [4.78, 5) is 24.7. The second-order valence-corrected chi connectivity index (χ2v) is 17.7. The Bertz CT molecular complexity index is 1510. The number of alkyl carbamates (subject to hydrolysis) is 1. The van der Waals surface area contributed by atoms with Crippen LogP contribution in [0.25, 0.3) is 0 Å². The highest BCUT2D eigenvalue weighted by Gasteiger charge is 2.38. The molecule has 18 heteroatoms. The zero-order valence-electron chi connectivity index (χ0n) is 43.2. The van der Waals surface area contributed by atoms with E-state index in [0.717, 1.165) is 11.1 Å². The molecule has 0 radical (unpaired) electrons. The molecule has 0 heterocycles. The maximum Gasteiger partial charge on any atom is 0.407 e. The first-order valence-electron chi connectivity index (χ1n) is 22.6. The minimum absolute atomic E-state index is 0.00501. The lowest BCUT2D eigenvalue weighted by Gasteiger charge is -2.37. The van der Waals surface area contributed by atoms with E-state index in [4.69, 9.17) is 71.1 Å². The van der Waals surface area contributed by atoms with Crippen molar-refractivity contribution in [1.29, 1.82) is 0 Å². The minimum atomic E-state index is -0.986. The Morgan fingerprint density at radius 3 is 0.986 bits per heavy atom. The summed E-state index contributed by atoms with van der Waals surface area (Å²) in [5.74, 6) is 1.83. The van der Waals surface area contributed by atoms with E-state index in [1.165, 1.54) is 0 Å². The number of carbonyl (C=O) groups excluding carboxylic acids is 2. The maximum atomic E-state index is 13.0. The Morgan fingerprint density at radius 2 is 0.681 bits per heavy atom. The molecule has 0 aromatic carbocycles. The number of esters is 1. The van der Waals surface area contributed by atoms with Gasteiger partial charge in [0.2, 0.25) is 0 Å². The van der Waals surface area contributed by atoms with E-state index in [1.54, 1.807) is 41.5 Å². The van der Waals surface area contributed by atoms with Gasteiger partial charge in [-0.05, 0) is 81.1 Å². The molecule has 0 aliphatic heterocycles. The van der Waals surface area contributed by atoms with Gasteiger partial charge in [0.15, 0.2) is 34.0 Å². The molecule has 0 aliphatic rings. The van der Waals surface area contributed by atoms with Crippen LogP contribution in [-0.2, 0) is 75.8 Å². The standard InChI is InChI=1S/C51H85NO17/c1-39(2)17-19-49(20-18-40(3)4,32-64-48(54)52-21-22-63-47(53)41(5)6)23-55-24-50(27-58-34-65-42(7)8,28-59-35-66-43(9)10)25-56-33-57-26-51(29-60-36-67-44(11)12,30-61-37-68-45(13)14)31-62-38-69-46(15)16/h1,3,5,7,9,11,13,15,17-38H2,2,4,6,8,10,12,14,16H3,(H,52,54). The molecule has 69 heavy (non-hydrogen) atoms. The van der Waals surface area contributed by atoms with Crippen LogP contribution in [-0.4, -0.2) is 132 Å². The van der Waals surface area contributed by atoms with Crippen molar-refractivity contribution in [2.75, 3.05) is 120 Å². The number of hydrogen-bond acceptors (Lipinski definition) is 17. The number of carbonyl (C=O) groups is 2. The van der Waals surface area contributed by atoms with Gasteiger partial charge < -0.3 is 76.4 Å². The highest BCUT2D eigenvalue weighted by molar-refractivity contribution is 5.86. The van der Waals surface area contributed by atoms with Gasteiger partial charge >= 0.3 is 12.1 Å². The van der Waals surface area contributed by atoms with Gasteiger partial charge in [-0.2, -0.15) is 0 Å². The zero-order chi connectivity index (χ0) is 52.1. The van der Waals surface area contributed by atoms with Crippen molar-refractivity contribution in [1.82, 2.24) is 5.32 Å². The molecule has 1 N–H and O–H groups in total. The van der Waals surface area contributed by atoms with E-state index in [1.807, 2.05) is 13.8 Å². The van der Waals surface area contributed by atoms with Crippen molar-refractivity contribution in [3.05, 3.63) is 98.1 Å². The molecular formula is C51H85NO17. The largest absolute Gasteiger partial charge is 0.473 e. The predicted octanol–water partition coefficient (Wildman–Crippen LogP) is 9.13. The fraction of sp³-hybridized carbons (Fsp3) is 0.647. The van der Waals surface area contributed by atoms with Crippen LogP contribution in [0.3, 0.4) is 0 Å². The predicted molar refractivity (Wildman–Crippen MR) is 262 cm³/mol. The zero-order valence-corrected chi connectivity index (χ0v) is 43.2. The normalized spacial score (nSPS) is 11.5. The maximum absolute atomic E-state index is 13.0. The van der Waals surface area contributed by atoms with Crippen LogP contribution < -0.4 is 5.32 Å². The van der Waals surface area contributed by atoms with Gasteiger partial charge in [0.05, 0.1) is 106 Å². The number of allylic oxidation sites excluding steroid dienone is 7. The van der Waals surface area contributed by atoms with E-state index in [2.05, 4.69) is 57.9 Å². The summed E-state index contributed by atoms with van der Waals surface area (Å²) in [6.45, 7) is 44.6. The number of hydrogen-bond donors (Lipinski definition) is 1. The van der Waals surface area contributed by atoms with Crippen molar-refractivity contribution in [2.45, 2.75) is 81.1 Å². The third kappa shape index (κ3) is 35.2. The van der Waals surface area contributed by atoms with Gasteiger partial charge in [0.25, 0.3) is 0 Å². The third-order valence-electron chi connectivity index (χ3n) is 9.41. The molecule has 0 saturated carbocycles. The molecule has 0 fully saturated rings. The van der Waals surface area contributed by atoms with Crippen LogP contribution in [0.15, 0.2) is 98.1 Å². The number of amides is 1.